The molecular weight excluding hydrogens is 364 g/mol. The summed E-state index contributed by atoms with van der Waals surface area (Å²) in [5.74, 6) is 1.95. The van der Waals surface area contributed by atoms with Crippen LogP contribution in [0, 0.1) is 6.92 Å². The molecule has 0 atom stereocenters. The molecule has 2 aromatic rings. The Hall–Kier alpha value is -2.67. The highest BCUT2D eigenvalue weighted by Crippen LogP contribution is 2.20. The normalized spacial score (nSPS) is 18.2. The molecule has 0 bridgehead atoms. The maximum absolute atomic E-state index is 11.6. The zero-order chi connectivity index (χ0) is 20.2. The van der Waals surface area contributed by atoms with E-state index in [0.29, 0.717) is 0 Å². The molecule has 29 heavy (non-hydrogen) atoms. The predicted molar refractivity (Wildman–Crippen MR) is 115 cm³/mol. The summed E-state index contributed by atoms with van der Waals surface area (Å²) in [5, 5.41) is 0. The van der Waals surface area contributed by atoms with Gasteiger partial charge in [-0.1, -0.05) is 30.3 Å². The third kappa shape index (κ3) is 4.85. The van der Waals surface area contributed by atoms with Crippen molar-refractivity contribution in [3.8, 4) is 0 Å². The lowest BCUT2D eigenvalue weighted by Gasteiger charge is -2.37. The number of hydrogen-bond donors (Lipinski definition) is 0. The van der Waals surface area contributed by atoms with Crippen molar-refractivity contribution >= 4 is 17.7 Å². The Morgan fingerprint density at radius 2 is 1.55 bits per heavy atom. The lowest BCUT2D eigenvalue weighted by atomic mass is 10.2. The Kier molecular flexibility index (Phi) is 5.94. The minimum atomic E-state index is 0.151. The van der Waals surface area contributed by atoms with Gasteiger partial charge in [0.2, 0.25) is 11.9 Å². The van der Waals surface area contributed by atoms with Crippen molar-refractivity contribution < 1.29 is 4.79 Å². The second-order valence-electron chi connectivity index (χ2n) is 7.91. The van der Waals surface area contributed by atoms with Crippen LogP contribution in [0.15, 0.2) is 36.4 Å². The van der Waals surface area contributed by atoms with Crippen molar-refractivity contribution in [2.24, 2.45) is 0 Å². The number of nitrogens with zero attached hydrogens (tertiary/aromatic N) is 6. The van der Waals surface area contributed by atoms with E-state index in [1.165, 1.54) is 5.56 Å². The highest BCUT2D eigenvalue weighted by atomic mass is 16.2. The fraction of sp³-hybridized carbons (Fsp3) is 0.500. The minimum absolute atomic E-state index is 0.151. The topological polar surface area (TPSA) is 55.8 Å². The van der Waals surface area contributed by atoms with Crippen LogP contribution in [0.25, 0.3) is 0 Å². The third-order valence-corrected chi connectivity index (χ3v) is 5.78. The molecule has 1 amide bonds. The summed E-state index contributed by atoms with van der Waals surface area (Å²) in [7, 11) is 0. The van der Waals surface area contributed by atoms with Crippen molar-refractivity contribution in [1.29, 1.82) is 0 Å². The molecule has 0 unspecified atom stereocenters. The molecule has 7 nitrogen and oxygen atoms in total. The minimum Gasteiger partial charge on any atom is -0.353 e. The molecule has 2 fully saturated rings. The number of anilines is 2. The van der Waals surface area contributed by atoms with Crippen LogP contribution in [-0.4, -0.2) is 78.0 Å². The number of carbonyl (C=O) groups is 1. The standard InChI is InChI=1S/C22H30N6O/c1-18-16-21(27-14-12-26(13-15-27)19(2)29)24-22(23-18)28-10-8-25(9-11-28)17-20-6-4-3-5-7-20/h3-7,16H,8-15,17H2,1-2H3. The molecule has 0 N–H and O–H groups in total. The van der Waals surface area contributed by atoms with Gasteiger partial charge in [0.05, 0.1) is 0 Å². The second-order valence-corrected chi connectivity index (χ2v) is 7.91. The van der Waals surface area contributed by atoms with Crippen LogP contribution >= 0.6 is 0 Å². The zero-order valence-electron chi connectivity index (χ0n) is 17.4. The summed E-state index contributed by atoms with van der Waals surface area (Å²) in [6.45, 7) is 11.7. The molecule has 7 heteroatoms. The number of piperazine rings is 2. The van der Waals surface area contributed by atoms with Crippen LogP contribution in [0.1, 0.15) is 18.2 Å². The van der Waals surface area contributed by atoms with Crippen molar-refractivity contribution in [1.82, 2.24) is 19.8 Å². The van der Waals surface area contributed by atoms with Gasteiger partial charge in [0.1, 0.15) is 5.82 Å². The van der Waals surface area contributed by atoms with Crippen molar-refractivity contribution in [3.05, 3.63) is 47.7 Å². The Labute approximate surface area is 172 Å². The largest absolute Gasteiger partial charge is 0.353 e. The molecular formula is C22H30N6O. The van der Waals surface area contributed by atoms with Crippen LogP contribution in [0.3, 0.4) is 0 Å². The van der Waals surface area contributed by atoms with Gasteiger partial charge in [-0.05, 0) is 12.5 Å². The highest BCUT2D eigenvalue weighted by Gasteiger charge is 2.23. The fourth-order valence-electron chi connectivity index (χ4n) is 4.04. The summed E-state index contributed by atoms with van der Waals surface area (Å²) in [4.78, 5) is 30.1. The quantitative estimate of drug-likeness (QED) is 0.788. The predicted octanol–water partition coefficient (Wildman–Crippen LogP) is 1.78. The second kappa shape index (κ2) is 8.78. The Morgan fingerprint density at radius 3 is 2.21 bits per heavy atom. The van der Waals surface area contributed by atoms with Gasteiger partial charge in [-0.3, -0.25) is 9.69 Å². The lowest BCUT2D eigenvalue weighted by Crippen LogP contribution is -2.49. The number of rotatable bonds is 4. The van der Waals surface area contributed by atoms with Gasteiger partial charge in [0.25, 0.3) is 0 Å². The van der Waals surface area contributed by atoms with Crippen molar-refractivity contribution in [2.45, 2.75) is 20.4 Å². The van der Waals surface area contributed by atoms with Crippen LogP contribution < -0.4 is 9.80 Å². The molecule has 0 radical (unpaired) electrons. The van der Waals surface area contributed by atoms with E-state index in [2.05, 4.69) is 51.1 Å². The Balaban J connectivity index is 1.38. The molecule has 1 aromatic heterocycles. The fourth-order valence-corrected chi connectivity index (χ4v) is 4.04. The van der Waals surface area contributed by atoms with Gasteiger partial charge in [-0.15, -0.1) is 0 Å². The average molecular weight is 395 g/mol. The molecule has 1 aromatic carbocycles. The van der Waals surface area contributed by atoms with Crippen LogP contribution in [0.4, 0.5) is 11.8 Å². The summed E-state index contributed by atoms with van der Waals surface area (Å²) >= 11 is 0. The summed E-state index contributed by atoms with van der Waals surface area (Å²) in [6.07, 6.45) is 0. The van der Waals surface area contributed by atoms with Crippen LogP contribution in [0.2, 0.25) is 0 Å². The number of aryl methyl sites for hydroxylation is 1. The van der Waals surface area contributed by atoms with E-state index in [9.17, 15) is 4.79 Å². The summed E-state index contributed by atoms with van der Waals surface area (Å²) < 4.78 is 0. The number of amides is 1. The Morgan fingerprint density at radius 1 is 0.897 bits per heavy atom. The van der Waals surface area contributed by atoms with E-state index in [1.54, 1.807) is 6.92 Å². The van der Waals surface area contributed by atoms with Gasteiger partial charge in [0, 0.05) is 77.6 Å². The SMILES string of the molecule is CC(=O)N1CCN(c2cc(C)nc(N3CCN(Cc4ccccc4)CC3)n2)CC1. The summed E-state index contributed by atoms with van der Waals surface area (Å²) in [6, 6.07) is 12.7. The number of hydrogen-bond acceptors (Lipinski definition) is 6. The molecule has 2 aliphatic heterocycles. The Bertz CT molecular complexity index is 826. The first-order valence-electron chi connectivity index (χ1n) is 10.5. The summed E-state index contributed by atoms with van der Waals surface area (Å²) in [5.41, 5.74) is 2.35. The third-order valence-electron chi connectivity index (χ3n) is 5.78. The first kappa shape index (κ1) is 19.6. The van der Waals surface area contributed by atoms with E-state index in [-0.39, 0.29) is 5.91 Å². The van der Waals surface area contributed by atoms with Gasteiger partial charge >= 0.3 is 0 Å². The maximum Gasteiger partial charge on any atom is 0.227 e. The van der Waals surface area contributed by atoms with E-state index < -0.39 is 0 Å². The highest BCUT2D eigenvalue weighted by molar-refractivity contribution is 5.73. The molecule has 154 valence electrons. The molecule has 0 spiro atoms. The van der Waals surface area contributed by atoms with Gasteiger partial charge in [0.15, 0.2) is 0 Å². The van der Waals surface area contributed by atoms with Gasteiger partial charge < -0.3 is 14.7 Å². The van der Waals surface area contributed by atoms with Gasteiger partial charge in [-0.2, -0.15) is 4.98 Å². The van der Waals surface area contributed by atoms with E-state index in [1.807, 2.05) is 11.8 Å². The first-order chi connectivity index (χ1) is 14.1. The van der Waals surface area contributed by atoms with E-state index >= 15 is 0 Å². The van der Waals surface area contributed by atoms with Crippen LogP contribution in [-0.2, 0) is 11.3 Å². The number of carbonyl (C=O) groups excluding carboxylic acids is 1. The maximum atomic E-state index is 11.6. The molecule has 2 saturated heterocycles. The molecule has 2 aliphatic rings. The van der Waals surface area contributed by atoms with Crippen molar-refractivity contribution in [2.75, 3.05) is 62.2 Å². The molecule has 4 rings (SSSR count). The zero-order valence-corrected chi connectivity index (χ0v) is 17.4. The molecule has 0 aliphatic carbocycles. The van der Waals surface area contributed by atoms with E-state index in [4.69, 9.17) is 9.97 Å². The average Bonchev–Trinajstić information content (AvgIpc) is 2.75. The smallest absolute Gasteiger partial charge is 0.227 e. The number of aromatic nitrogens is 2. The van der Waals surface area contributed by atoms with Gasteiger partial charge in [-0.25, -0.2) is 4.98 Å². The lowest BCUT2D eigenvalue weighted by molar-refractivity contribution is -0.129. The molecule has 0 saturated carbocycles. The van der Waals surface area contributed by atoms with E-state index in [0.717, 1.165) is 76.4 Å². The van der Waals surface area contributed by atoms with Crippen LogP contribution in [0.5, 0.6) is 0 Å². The monoisotopic (exact) mass is 394 g/mol. The number of benzene rings is 1. The van der Waals surface area contributed by atoms with Crippen molar-refractivity contribution in [3.63, 3.8) is 0 Å². The first-order valence-corrected chi connectivity index (χ1v) is 10.5. The molecule has 3 heterocycles.